The molecule has 10 heteroatoms. The van der Waals surface area contributed by atoms with Crippen molar-refractivity contribution in [2.75, 3.05) is 33.1 Å². The van der Waals surface area contributed by atoms with Gasteiger partial charge in [0.1, 0.15) is 0 Å². The van der Waals surface area contributed by atoms with Crippen LogP contribution in [0.3, 0.4) is 0 Å². The fourth-order valence-corrected chi connectivity index (χ4v) is 3.76. The van der Waals surface area contributed by atoms with E-state index in [1.165, 1.54) is 30.0 Å². The molecule has 0 saturated carbocycles. The van der Waals surface area contributed by atoms with Crippen molar-refractivity contribution in [3.63, 3.8) is 0 Å². The number of fused-ring (bicyclic) bond motifs is 1. The lowest BCUT2D eigenvalue weighted by Gasteiger charge is -2.15. The fraction of sp³-hybridized carbons (Fsp3) is 0.500. The Hall–Kier alpha value is -1.20. The van der Waals surface area contributed by atoms with Crippen molar-refractivity contribution < 1.29 is 17.9 Å². The van der Waals surface area contributed by atoms with Gasteiger partial charge < -0.3 is 15.2 Å². The summed E-state index contributed by atoms with van der Waals surface area (Å²) in [4.78, 5) is 4.54. The third-order valence-corrected chi connectivity index (χ3v) is 4.90. The molecule has 2 aromatic heterocycles. The number of nitrogens with zero attached hydrogens (tertiary/aromatic N) is 2. The normalized spacial score (nSPS) is 13.9. The maximum absolute atomic E-state index is 12.3. The van der Waals surface area contributed by atoms with Gasteiger partial charge in [-0.1, -0.05) is 0 Å². The van der Waals surface area contributed by atoms with Gasteiger partial charge in [0.2, 0.25) is 0 Å². The average Bonchev–Trinajstić information content (AvgIpc) is 2.93. The van der Waals surface area contributed by atoms with Gasteiger partial charge in [0.05, 0.1) is 12.7 Å². The molecule has 1 atom stereocenters. The Morgan fingerprint density at radius 2 is 2.30 bits per heavy atom. The van der Waals surface area contributed by atoms with Crippen molar-refractivity contribution in [3.05, 3.63) is 11.6 Å². The summed E-state index contributed by atoms with van der Waals surface area (Å²) in [6, 6.07) is 0. The second-order valence-electron chi connectivity index (χ2n) is 4.02. The Kier molecular flexibility index (Phi) is 4.60. The van der Waals surface area contributed by atoms with Crippen molar-refractivity contribution in [1.29, 1.82) is 0 Å². The summed E-state index contributed by atoms with van der Waals surface area (Å²) in [6.45, 7) is 0.373. The van der Waals surface area contributed by atoms with Crippen LogP contribution in [0, 0.1) is 0 Å². The molecule has 0 fully saturated rings. The molecule has 112 valence electrons. The highest BCUT2D eigenvalue weighted by Gasteiger charge is 2.25. The molecule has 2 heterocycles. The zero-order valence-corrected chi connectivity index (χ0v) is 12.7. The maximum atomic E-state index is 12.3. The minimum atomic E-state index is -3.77. The predicted octanol–water partition coefficient (Wildman–Crippen LogP) is -0.0823. The van der Waals surface area contributed by atoms with Gasteiger partial charge in [-0.3, -0.25) is 4.40 Å². The first-order chi connectivity index (χ1) is 9.49. The highest BCUT2D eigenvalue weighted by Crippen LogP contribution is 2.22. The third-order valence-electron chi connectivity index (χ3n) is 2.68. The number of anilines is 1. The standard InChI is InChI=1S/C10H16N4O4S2/c1-17-6-7(18-2)5-12-20(15,16)9-8(11)13-10-14(9)3-4-19-10/h3-4,7,12H,5-6,11H2,1-2H3. The van der Waals surface area contributed by atoms with E-state index >= 15 is 0 Å². The molecular weight excluding hydrogens is 304 g/mol. The molecule has 2 rings (SSSR count). The lowest BCUT2D eigenvalue weighted by Crippen LogP contribution is -2.36. The maximum Gasteiger partial charge on any atom is 0.260 e. The molecule has 0 aliphatic heterocycles. The molecule has 0 saturated heterocycles. The van der Waals surface area contributed by atoms with E-state index in [2.05, 4.69) is 9.71 Å². The molecule has 1 unspecified atom stereocenters. The van der Waals surface area contributed by atoms with E-state index in [9.17, 15) is 8.42 Å². The second-order valence-corrected chi connectivity index (χ2v) is 6.58. The van der Waals surface area contributed by atoms with Crippen molar-refractivity contribution in [3.8, 4) is 0 Å². The molecule has 0 bridgehead atoms. The second kappa shape index (κ2) is 6.06. The zero-order chi connectivity index (χ0) is 14.8. The highest BCUT2D eigenvalue weighted by molar-refractivity contribution is 7.89. The van der Waals surface area contributed by atoms with Crippen LogP contribution in [-0.2, 0) is 19.5 Å². The number of ether oxygens (including phenoxy) is 2. The number of nitrogens with two attached hydrogens (primary N) is 1. The quantitative estimate of drug-likeness (QED) is 0.738. The summed E-state index contributed by atoms with van der Waals surface area (Å²) in [5, 5.41) is 1.69. The molecule has 0 amide bonds. The summed E-state index contributed by atoms with van der Waals surface area (Å²) in [5.74, 6) is -0.0231. The van der Waals surface area contributed by atoms with Crippen molar-refractivity contribution in [2.45, 2.75) is 11.1 Å². The molecule has 0 aromatic carbocycles. The first-order valence-corrected chi connectivity index (χ1v) is 8.08. The van der Waals surface area contributed by atoms with Gasteiger partial charge in [-0.15, -0.1) is 11.3 Å². The van der Waals surface area contributed by atoms with Gasteiger partial charge in [0, 0.05) is 32.3 Å². The summed E-state index contributed by atoms with van der Waals surface area (Å²) in [6.07, 6.45) is 1.24. The van der Waals surface area contributed by atoms with Gasteiger partial charge in [0.15, 0.2) is 15.8 Å². The van der Waals surface area contributed by atoms with E-state index in [1.807, 2.05) is 0 Å². The molecule has 0 aliphatic rings. The number of rotatable bonds is 7. The number of thiazole rings is 1. The Balaban J connectivity index is 2.22. The summed E-state index contributed by atoms with van der Waals surface area (Å²) in [7, 11) is -0.764. The molecule has 0 aliphatic carbocycles. The minimum absolute atomic E-state index is 0.0231. The smallest absolute Gasteiger partial charge is 0.260 e. The van der Waals surface area contributed by atoms with Crippen LogP contribution in [0.4, 0.5) is 5.82 Å². The van der Waals surface area contributed by atoms with Gasteiger partial charge in [-0.25, -0.2) is 18.1 Å². The largest absolute Gasteiger partial charge is 0.382 e. The molecule has 8 nitrogen and oxygen atoms in total. The fourth-order valence-electron chi connectivity index (χ4n) is 1.72. The SMILES string of the molecule is COCC(CNS(=O)(=O)c1c(N)nc2sccn12)OC. The van der Waals surface area contributed by atoms with Crippen LogP contribution in [0.15, 0.2) is 16.6 Å². The Morgan fingerprint density at radius 1 is 1.55 bits per heavy atom. The van der Waals surface area contributed by atoms with Gasteiger partial charge >= 0.3 is 0 Å². The zero-order valence-electron chi connectivity index (χ0n) is 11.1. The number of aromatic nitrogens is 2. The lowest BCUT2D eigenvalue weighted by molar-refractivity contribution is 0.0320. The van der Waals surface area contributed by atoms with Crippen molar-refractivity contribution in [2.24, 2.45) is 0 Å². The van der Waals surface area contributed by atoms with E-state index < -0.39 is 10.0 Å². The molecule has 20 heavy (non-hydrogen) atoms. The Bertz CT molecular complexity index is 679. The molecule has 3 N–H and O–H groups in total. The summed E-state index contributed by atoms with van der Waals surface area (Å²) < 4.78 is 38.5. The van der Waals surface area contributed by atoms with Crippen molar-refractivity contribution in [1.82, 2.24) is 14.1 Å². The van der Waals surface area contributed by atoms with E-state index in [0.717, 1.165) is 0 Å². The Labute approximate surface area is 120 Å². The van der Waals surface area contributed by atoms with Crippen LogP contribution in [0.1, 0.15) is 0 Å². The number of hydrogen-bond acceptors (Lipinski definition) is 7. The van der Waals surface area contributed by atoms with E-state index in [-0.39, 0.29) is 30.1 Å². The molecular formula is C10H16N4O4S2. The minimum Gasteiger partial charge on any atom is -0.382 e. The summed E-state index contributed by atoms with van der Waals surface area (Å²) in [5.41, 5.74) is 5.68. The van der Waals surface area contributed by atoms with Gasteiger partial charge in [0.25, 0.3) is 10.0 Å². The topological polar surface area (TPSA) is 108 Å². The van der Waals surface area contributed by atoms with Crippen LogP contribution >= 0.6 is 11.3 Å². The molecule has 0 radical (unpaired) electrons. The first kappa shape index (κ1) is 15.2. The first-order valence-electron chi connectivity index (χ1n) is 5.72. The highest BCUT2D eigenvalue weighted by atomic mass is 32.2. The van der Waals surface area contributed by atoms with E-state index in [1.54, 1.807) is 11.6 Å². The number of nitrogen functional groups attached to an aromatic ring is 1. The van der Waals surface area contributed by atoms with Crippen LogP contribution < -0.4 is 10.5 Å². The molecule has 2 aromatic rings. The monoisotopic (exact) mass is 320 g/mol. The van der Waals surface area contributed by atoms with E-state index in [0.29, 0.717) is 4.96 Å². The van der Waals surface area contributed by atoms with Gasteiger partial charge in [-0.05, 0) is 0 Å². The van der Waals surface area contributed by atoms with E-state index in [4.69, 9.17) is 15.2 Å². The van der Waals surface area contributed by atoms with Crippen LogP contribution in [0.5, 0.6) is 0 Å². The van der Waals surface area contributed by atoms with Crippen molar-refractivity contribution >= 4 is 32.1 Å². The lowest BCUT2D eigenvalue weighted by atomic mass is 10.4. The number of sulfonamides is 1. The number of hydrogen-bond donors (Lipinski definition) is 2. The van der Waals surface area contributed by atoms with Gasteiger partial charge in [-0.2, -0.15) is 0 Å². The van der Waals surface area contributed by atoms with Crippen LogP contribution in [0.25, 0.3) is 4.96 Å². The number of imidazole rings is 1. The third kappa shape index (κ3) is 2.94. The van der Waals surface area contributed by atoms with Crippen LogP contribution in [-0.4, -0.2) is 51.3 Å². The summed E-state index contributed by atoms with van der Waals surface area (Å²) >= 11 is 1.31. The number of nitrogens with one attached hydrogen (secondary N) is 1. The molecule has 0 spiro atoms. The predicted molar refractivity (Wildman–Crippen MR) is 75.3 cm³/mol. The average molecular weight is 320 g/mol. The number of methoxy groups -OCH3 is 2. The van der Waals surface area contributed by atoms with Crippen LogP contribution in [0.2, 0.25) is 0 Å². The Morgan fingerprint density at radius 3 is 2.95 bits per heavy atom.